The zero-order chi connectivity index (χ0) is 21.9. The number of aromatic amines is 1. The lowest BCUT2D eigenvalue weighted by Crippen LogP contribution is -2.29. The van der Waals surface area contributed by atoms with Crippen LogP contribution in [0.4, 0.5) is 0 Å². The molecule has 5 rings (SSSR count). The number of thiophene rings is 1. The standard InChI is InChI=1S/C22H18N6OS3/c29-21-19(32-22(30)28(21)8-4-3-7-20-24-26-27-25-20)11-17-10-16(13-31-17)15-9-14-5-1-2-6-18(14)23-12-15/h1-2,5-6,9-13H,3-4,7-8H2,(H,24,25,26,27)/b19-11-. The summed E-state index contributed by atoms with van der Waals surface area (Å²) in [6.07, 6.45) is 6.24. The van der Waals surface area contributed by atoms with E-state index in [-0.39, 0.29) is 5.91 Å². The van der Waals surface area contributed by atoms with Gasteiger partial charge >= 0.3 is 0 Å². The van der Waals surface area contributed by atoms with Gasteiger partial charge in [0.15, 0.2) is 5.82 Å². The van der Waals surface area contributed by atoms with Crippen molar-refractivity contribution in [1.29, 1.82) is 0 Å². The molecule has 0 saturated carbocycles. The third kappa shape index (κ3) is 4.47. The van der Waals surface area contributed by atoms with Gasteiger partial charge < -0.3 is 0 Å². The zero-order valence-corrected chi connectivity index (χ0v) is 19.3. The Morgan fingerprint density at radius 2 is 2.06 bits per heavy atom. The van der Waals surface area contributed by atoms with Crippen LogP contribution >= 0.6 is 35.3 Å². The second-order valence-corrected chi connectivity index (χ2v) is 9.89. The number of para-hydroxylation sites is 1. The molecular weight excluding hydrogens is 460 g/mol. The highest BCUT2D eigenvalue weighted by atomic mass is 32.2. The fourth-order valence-electron chi connectivity index (χ4n) is 3.47. The van der Waals surface area contributed by atoms with Crippen LogP contribution in [0.5, 0.6) is 0 Å². The molecule has 160 valence electrons. The minimum atomic E-state index is -0.0260. The number of benzene rings is 1. The molecule has 4 heterocycles. The van der Waals surface area contributed by atoms with Gasteiger partial charge in [-0.05, 0) is 48.1 Å². The molecular formula is C22H18N6OS3. The van der Waals surface area contributed by atoms with Crippen molar-refractivity contribution in [1.82, 2.24) is 30.5 Å². The van der Waals surface area contributed by atoms with Crippen LogP contribution in [0, 0.1) is 0 Å². The molecule has 1 saturated heterocycles. The SMILES string of the molecule is O=C1/C(=C/c2cc(-c3cnc4ccccc4c3)cs2)SC(=S)N1CCCCc1nn[nH]n1. The Bertz CT molecular complexity index is 1310. The molecule has 0 unspecified atom stereocenters. The summed E-state index contributed by atoms with van der Waals surface area (Å²) in [7, 11) is 0. The lowest BCUT2D eigenvalue weighted by molar-refractivity contribution is -0.122. The normalized spacial score (nSPS) is 15.4. The van der Waals surface area contributed by atoms with E-state index in [2.05, 4.69) is 49.2 Å². The van der Waals surface area contributed by atoms with Gasteiger partial charge in [0, 0.05) is 35.0 Å². The minimum absolute atomic E-state index is 0.0260. The summed E-state index contributed by atoms with van der Waals surface area (Å²) in [5, 5.41) is 17.1. The molecule has 1 aromatic carbocycles. The number of aromatic nitrogens is 5. The van der Waals surface area contributed by atoms with Crippen molar-refractivity contribution in [2.45, 2.75) is 19.3 Å². The van der Waals surface area contributed by atoms with Gasteiger partial charge in [-0.2, -0.15) is 5.21 Å². The largest absolute Gasteiger partial charge is 0.293 e. The molecule has 10 heteroatoms. The molecule has 1 N–H and O–H groups in total. The smallest absolute Gasteiger partial charge is 0.266 e. The third-order valence-corrected chi connectivity index (χ3v) is 7.37. The maximum atomic E-state index is 12.9. The van der Waals surface area contributed by atoms with Crippen LogP contribution in [0.25, 0.3) is 28.1 Å². The molecule has 0 bridgehead atoms. The molecule has 1 aliphatic heterocycles. The van der Waals surface area contributed by atoms with Crippen LogP contribution in [0.15, 0.2) is 52.9 Å². The monoisotopic (exact) mass is 478 g/mol. The van der Waals surface area contributed by atoms with Crippen LogP contribution in [-0.2, 0) is 11.2 Å². The quantitative estimate of drug-likeness (QED) is 0.234. The average molecular weight is 479 g/mol. The van der Waals surface area contributed by atoms with E-state index in [0.29, 0.717) is 21.6 Å². The molecule has 0 spiro atoms. The van der Waals surface area contributed by atoms with Crippen LogP contribution in [0.3, 0.4) is 0 Å². The number of carbonyl (C=O) groups is 1. The number of pyridine rings is 1. The molecule has 0 atom stereocenters. The van der Waals surface area contributed by atoms with Crippen molar-refractivity contribution in [2.75, 3.05) is 6.54 Å². The van der Waals surface area contributed by atoms with E-state index in [4.69, 9.17) is 12.2 Å². The summed E-state index contributed by atoms with van der Waals surface area (Å²) >= 11 is 8.42. The lowest BCUT2D eigenvalue weighted by atomic mass is 10.1. The molecule has 0 radical (unpaired) electrons. The number of amides is 1. The van der Waals surface area contributed by atoms with Crippen LogP contribution < -0.4 is 0 Å². The number of rotatable bonds is 7. The van der Waals surface area contributed by atoms with Gasteiger partial charge in [0.25, 0.3) is 5.91 Å². The number of tetrazole rings is 1. The first-order valence-electron chi connectivity index (χ1n) is 10.1. The van der Waals surface area contributed by atoms with E-state index in [0.717, 1.165) is 46.2 Å². The number of nitrogens with zero attached hydrogens (tertiary/aromatic N) is 5. The van der Waals surface area contributed by atoms with Crippen LogP contribution in [-0.4, -0.2) is 47.3 Å². The maximum absolute atomic E-state index is 12.9. The number of unbranched alkanes of at least 4 members (excludes halogenated alkanes) is 1. The van der Waals surface area contributed by atoms with Crippen molar-refractivity contribution in [2.24, 2.45) is 0 Å². The Morgan fingerprint density at radius 1 is 1.16 bits per heavy atom. The van der Waals surface area contributed by atoms with Crippen molar-refractivity contribution in [3.8, 4) is 11.1 Å². The van der Waals surface area contributed by atoms with Crippen molar-refractivity contribution in [3.05, 3.63) is 63.6 Å². The molecule has 1 fully saturated rings. The highest BCUT2D eigenvalue weighted by Gasteiger charge is 2.31. The Balaban J connectivity index is 1.25. The number of hydrogen-bond acceptors (Lipinski definition) is 8. The summed E-state index contributed by atoms with van der Waals surface area (Å²) in [6, 6.07) is 12.3. The summed E-state index contributed by atoms with van der Waals surface area (Å²) in [5.74, 6) is 0.660. The molecule has 4 aromatic rings. The first-order chi connectivity index (χ1) is 15.7. The zero-order valence-electron chi connectivity index (χ0n) is 16.9. The summed E-state index contributed by atoms with van der Waals surface area (Å²) in [6.45, 7) is 0.596. The second-order valence-electron chi connectivity index (χ2n) is 7.27. The molecule has 1 amide bonds. The molecule has 32 heavy (non-hydrogen) atoms. The Morgan fingerprint density at radius 3 is 2.94 bits per heavy atom. The Kier molecular flexibility index (Phi) is 6.06. The van der Waals surface area contributed by atoms with E-state index < -0.39 is 0 Å². The Labute approximate surface area is 197 Å². The summed E-state index contributed by atoms with van der Waals surface area (Å²) in [4.78, 5) is 20.8. The van der Waals surface area contributed by atoms with Crippen LogP contribution in [0.2, 0.25) is 0 Å². The lowest BCUT2D eigenvalue weighted by Gasteiger charge is -2.13. The average Bonchev–Trinajstić information content (AvgIpc) is 3.54. The molecule has 3 aromatic heterocycles. The van der Waals surface area contributed by atoms with Gasteiger partial charge in [0.2, 0.25) is 0 Å². The molecule has 7 nitrogen and oxygen atoms in total. The van der Waals surface area contributed by atoms with Gasteiger partial charge in [-0.25, -0.2) is 0 Å². The van der Waals surface area contributed by atoms with Gasteiger partial charge in [0.05, 0.1) is 10.4 Å². The van der Waals surface area contributed by atoms with Gasteiger partial charge in [-0.3, -0.25) is 14.7 Å². The van der Waals surface area contributed by atoms with Crippen molar-refractivity contribution < 1.29 is 4.79 Å². The second kappa shape index (κ2) is 9.27. The minimum Gasteiger partial charge on any atom is -0.293 e. The number of aryl methyl sites for hydroxylation is 1. The topological polar surface area (TPSA) is 87.7 Å². The fourth-order valence-corrected chi connectivity index (χ4v) is 5.69. The highest BCUT2D eigenvalue weighted by Crippen LogP contribution is 2.35. The number of fused-ring (bicyclic) bond motifs is 1. The van der Waals surface area contributed by atoms with Gasteiger partial charge in [-0.1, -0.05) is 47.4 Å². The predicted octanol–water partition coefficient (Wildman–Crippen LogP) is 4.70. The van der Waals surface area contributed by atoms with E-state index in [1.807, 2.05) is 30.5 Å². The number of thiocarbonyl (C=S) groups is 1. The first kappa shape index (κ1) is 20.9. The van der Waals surface area contributed by atoms with Crippen molar-refractivity contribution >= 4 is 62.5 Å². The number of thioether (sulfide) groups is 1. The van der Waals surface area contributed by atoms with Crippen LogP contribution in [0.1, 0.15) is 23.5 Å². The fraction of sp³-hybridized carbons (Fsp3) is 0.182. The third-order valence-electron chi connectivity index (χ3n) is 5.11. The van der Waals surface area contributed by atoms with E-state index in [9.17, 15) is 4.79 Å². The number of nitrogens with one attached hydrogen (secondary N) is 1. The van der Waals surface area contributed by atoms with Crippen molar-refractivity contribution in [3.63, 3.8) is 0 Å². The molecule has 0 aliphatic carbocycles. The maximum Gasteiger partial charge on any atom is 0.266 e. The Hall–Kier alpha value is -2.95. The van der Waals surface area contributed by atoms with E-state index in [1.54, 1.807) is 16.2 Å². The highest BCUT2D eigenvalue weighted by molar-refractivity contribution is 8.26. The summed E-state index contributed by atoms with van der Waals surface area (Å²) in [5.41, 5.74) is 3.14. The number of carbonyl (C=O) groups excluding carboxylic acids is 1. The van der Waals surface area contributed by atoms with E-state index >= 15 is 0 Å². The van der Waals surface area contributed by atoms with Gasteiger partial charge in [0.1, 0.15) is 4.32 Å². The van der Waals surface area contributed by atoms with E-state index in [1.165, 1.54) is 11.8 Å². The number of H-pyrrole nitrogens is 1. The first-order valence-corrected chi connectivity index (χ1v) is 12.2. The molecule has 1 aliphatic rings. The van der Waals surface area contributed by atoms with Gasteiger partial charge in [-0.15, -0.1) is 21.5 Å². The number of hydrogen-bond donors (Lipinski definition) is 1. The summed E-state index contributed by atoms with van der Waals surface area (Å²) < 4.78 is 0.608. The predicted molar refractivity (Wildman–Crippen MR) is 132 cm³/mol.